The molecule has 0 heterocycles. The van der Waals surface area contributed by atoms with Gasteiger partial charge in [0.25, 0.3) is 0 Å². The zero-order chi connectivity index (χ0) is 42.4. The van der Waals surface area contributed by atoms with Gasteiger partial charge in [0, 0.05) is 0 Å². The van der Waals surface area contributed by atoms with E-state index in [2.05, 4.69) is 31.3 Å². The van der Waals surface area contributed by atoms with Crippen molar-refractivity contribution in [1.29, 1.82) is 0 Å². The molecule has 4 atom stereocenters. The number of hydrogen-bond acceptors (Lipinski definition) is 5. The first kappa shape index (κ1) is 57.1. The third-order valence-electron chi connectivity index (χ3n) is 12.5. The number of nitrogens with one attached hydrogen (secondary N) is 1. The van der Waals surface area contributed by atoms with E-state index in [9.17, 15) is 25.2 Å². The summed E-state index contributed by atoms with van der Waals surface area (Å²) in [5.74, 6) is -0.588. The molecule has 5 N–H and O–H groups in total. The molecular formula is C52H103NO5. The minimum absolute atomic E-state index is 0.368. The van der Waals surface area contributed by atoms with Gasteiger partial charge in [-0.1, -0.05) is 257 Å². The molecular weight excluding hydrogens is 719 g/mol. The maximum Gasteiger partial charge on any atom is 0.249 e. The molecule has 346 valence electrons. The van der Waals surface area contributed by atoms with Crippen LogP contribution in [-0.4, -0.2) is 57.3 Å². The van der Waals surface area contributed by atoms with E-state index < -0.39 is 36.9 Å². The molecule has 6 nitrogen and oxygen atoms in total. The maximum atomic E-state index is 12.6. The minimum Gasteiger partial charge on any atom is -0.394 e. The molecule has 0 aromatic heterocycles. The van der Waals surface area contributed by atoms with Gasteiger partial charge in [-0.3, -0.25) is 4.79 Å². The Labute approximate surface area is 362 Å². The van der Waals surface area contributed by atoms with Gasteiger partial charge >= 0.3 is 0 Å². The number of hydrogen-bond donors (Lipinski definition) is 5. The molecule has 0 fully saturated rings. The highest BCUT2D eigenvalue weighted by Crippen LogP contribution is 2.17. The lowest BCUT2D eigenvalue weighted by atomic mass is 10.00. The van der Waals surface area contributed by atoms with Crippen LogP contribution < -0.4 is 5.32 Å². The Balaban J connectivity index is 3.67. The summed E-state index contributed by atoms with van der Waals surface area (Å²) in [6, 6.07) is -0.998. The molecule has 58 heavy (non-hydrogen) atoms. The SMILES string of the molecule is CCCCCCCCCCCCCCCCCCCC/C=C/CCCC(O)C(O)C(CO)NC(=O)C(O)CCCCCCCCCCCCCCCCCCCCC. The van der Waals surface area contributed by atoms with Crippen molar-refractivity contribution >= 4 is 5.91 Å². The van der Waals surface area contributed by atoms with E-state index in [4.69, 9.17) is 0 Å². The molecule has 1 amide bonds. The number of aliphatic hydroxyl groups is 4. The van der Waals surface area contributed by atoms with Crippen LogP contribution in [0.15, 0.2) is 12.2 Å². The number of rotatable bonds is 48. The van der Waals surface area contributed by atoms with Crippen LogP contribution in [0.3, 0.4) is 0 Å². The van der Waals surface area contributed by atoms with E-state index in [1.165, 1.54) is 218 Å². The quantitative estimate of drug-likeness (QED) is 0.0310. The first-order valence-corrected chi connectivity index (χ1v) is 26.1. The van der Waals surface area contributed by atoms with Crippen LogP contribution in [0, 0.1) is 0 Å². The molecule has 0 aromatic rings. The lowest BCUT2D eigenvalue weighted by molar-refractivity contribution is -0.132. The largest absolute Gasteiger partial charge is 0.394 e. The van der Waals surface area contributed by atoms with Gasteiger partial charge in [-0.2, -0.15) is 0 Å². The Kier molecular flexibility index (Phi) is 46.3. The highest BCUT2D eigenvalue weighted by molar-refractivity contribution is 5.80. The highest BCUT2D eigenvalue weighted by atomic mass is 16.3. The van der Waals surface area contributed by atoms with Crippen LogP contribution >= 0.6 is 0 Å². The summed E-state index contributed by atoms with van der Waals surface area (Å²) in [5.41, 5.74) is 0. The van der Waals surface area contributed by atoms with Crippen molar-refractivity contribution in [2.75, 3.05) is 6.61 Å². The summed E-state index contributed by atoms with van der Waals surface area (Å²) >= 11 is 0. The third kappa shape index (κ3) is 40.5. The molecule has 0 spiro atoms. The van der Waals surface area contributed by atoms with Crippen molar-refractivity contribution in [3.8, 4) is 0 Å². The van der Waals surface area contributed by atoms with Gasteiger partial charge in [0.05, 0.1) is 18.8 Å². The minimum atomic E-state index is -1.28. The molecule has 4 unspecified atom stereocenters. The standard InChI is InChI=1S/C52H103NO5/c1-3-5-7-9-11-13-15-17-19-21-23-24-25-26-28-29-31-33-35-37-39-41-43-45-49(55)51(57)48(47-54)53-52(58)50(56)46-44-42-40-38-36-34-32-30-27-22-20-18-16-14-12-10-8-6-4-2/h37,39,48-51,54-57H,3-36,38,40-47H2,1-2H3,(H,53,58)/b39-37+. The van der Waals surface area contributed by atoms with Crippen molar-refractivity contribution in [3.05, 3.63) is 12.2 Å². The van der Waals surface area contributed by atoms with Crippen LogP contribution in [0.2, 0.25) is 0 Å². The lowest BCUT2D eigenvalue weighted by Crippen LogP contribution is -2.53. The number of allylic oxidation sites excluding steroid dienone is 2. The molecule has 0 aromatic carbocycles. The Bertz CT molecular complexity index is 837. The zero-order valence-electron chi connectivity index (χ0n) is 39.1. The fourth-order valence-corrected chi connectivity index (χ4v) is 8.35. The zero-order valence-corrected chi connectivity index (χ0v) is 39.1. The molecule has 6 heteroatoms. The van der Waals surface area contributed by atoms with Crippen LogP contribution in [0.4, 0.5) is 0 Å². The van der Waals surface area contributed by atoms with Gasteiger partial charge in [-0.05, 0) is 38.5 Å². The predicted octanol–water partition coefficient (Wildman–Crippen LogP) is 14.5. The molecule has 0 rings (SSSR count). The average molecular weight is 822 g/mol. The van der Waals surface area contributed by atoms with Crippen molar-refractivity contribution in [2.24, 2.45) is 0 Å². The van der Waals surface area contributed by atoms with Crippen molar-refractivity contribution in [3.63, 3.8) is 0 Å². The fourth-order valence-electron chi connectivity index (χ4n) is 8.35. The van der Waals surface area contributed by atoms with Gasteiger partial charge in [0.2, 0.25) is 5.91 Å². The summed E-state index contributed by atoms with van der Waals surface area (Å²) in [6.45, 7) is 4.07. The molecule has 0 aliphatic carbocycles. The predicted molar refractivity (Wildman–Crippen MR) is 251 cm³/mol. The Hall–Kier alpha value is -0.950. The smallest absolute Gasteiger partial charge is 0.249 e. The Morgan fingerprint density at radius 1 is 0.414 bits per heavy atom. The second kappa shape index (κ2) is 47.1. The summed E-state index contributed by atoms with van der Waals surface area (Å²) in [6.07, 6.45) is 54.1. The third-order valence-corrected chi connectivity index (χ3v) is 12.5. The molecule has 0 radical (unpaired) electrons. The Morgan fingerprint density at radius 2 is 0.707 bits per heavy atom. The van der Waals surface area contributed by atoms with Gasteiger partial charge in [0.15, 0.2) is 0 Å². The molecule has 0 saturated carbocycles. The van der Waals surface area contributed by atoms with E-state index in [1.54, 1.807) is 0 Å². The summed E-state index contributed by atoms with van der Waals surface area (Å²) in [4.78, 5) is 12.6. The number of amides is 1. The van der Waals surface area contributed by atoms with Crippen molar-refractivity contribution in [2.45, 2.75) is 308 Å². The average Bonchev–Trinajstić information content (AvgIpc) is 3.23. The van der Waals surface area contributed by atoms with E-state index in [0.29, 0.717) is 12.8 Å². The van der Waals surface area contributed by atoms with Gasteiger partial charge in [-0.15, -0.1) is 0 Å². The second-order valence-electron chi connectivity index (χ2n) is 18.2. The van der Waals surface area contributed by atoms with Crippen molar-refractivity contribution < 1.29 is 25.2 Å². The first-order chi connectivity index (χ1) is 28.5. The van der Waals surface area contributed by atoms with E-state index in [0.717, 1.165) is 38.5 Å². The first-order valence-electron chi connectivity index (χ1n) is 26.1. The number of carbonyl (C=O) groups is 1. The van der Waals surface area contributed by atoms with Crippen LogP contribution in [0.25, 0.3) is 0 Å². The Morgan fingerprint density at radius 3 is 1.03 bits per heavy atom. The summed E-state index contributed by atoms with van der Waals surface area (Å²) < 4.78 is 0. The summed E-state index contributed by atoms with van der Waals surface area (Å²) in [7, 11) is 0. The van der Waals surface area contributed by atoms with E-state index in [-0.39, 0.29) is 0 Å². The molecule has 0 saturated heterocycles. The number of unbranched alkanes of at least 4 members (excludes halogenated alkanes) is 37. The second-order valence-corrected chi connectivity index (χ2v) is 18.2. The van der Waals surface area contributed by atoms with Crippen LogP contribution in [0.5, 0.6) is 0 Å². The van der Waals surface area contributed by atoms with Gasteiger partial charge in [0.1, 0.15) is 12.2 Å². The van der Waals surface area contributed by atoms with Crippen LogP contribution in [0.1, 0.15) is 284 Å². The van der Waals surface area contributed by atoms with Gasteiger partial charge in [-0.25, -0.2) is 0 Å². The van der Waals surface area contributed by atoms with Crippen molar-refractivity contribution in [1.82, 2.24) is 5.32 Å². The number of aliphatic hydroxyl groups excluding tert-OH is 4. The highest BCUT2D eigenvalue weighted by Gasteiger charge is 2.28. The fraction of sp³-hybridized carbons (Fsp3) is 0.942. The monoisotopic (exact) mass is 822 g/mol. The maximum absolute atomic E-state index is 12.6. The van der Waals surface area contributed by atoms with Gasteiger partial charge < -0.3 is 25.7 Å². The van der Waals surface area contributed by atoms with E-state index in [1.807, 2.05) is 0 Å². The molecule has 0 aliphatic heterocycles. The molecule has 0 aliphatic rings. The molecule has 0 bridgehead atoms. The van der Waals surface area contributed by atoms with Crippen LogP contribution in [-0.2, 0) is 4.79 Å². The normalized spacial score (nSPS) is 14.0. The number of carbonyl (C=O) groups excluding carboxylic acids is 1. The topological polar surface area (TPSA) is 110 Å². The summed E-state index contributed by atoms with van der Waals surface area (Å²) in [5, 5.41) is 43.9. The van der Waals surface area contributed by atoms with E-state index >= 15 is 0 Å². The lowest BCUT2D eigenvalue weighted by Gasteiger charge is -2.27.